The zero-order valence-corrected chi connectivity index (χ0v) is 10.4. The van der Waals surface area contributed by atoms with Gasteiger partial charge in [-0.05, 0) is 5.56 Å². The van der Waals surface area contributed by atoms with Gasteiger partial charge in [0, 0.05) is 11.1 Å². The van der Waals surface area contributed by atoms with Crippen molar-refractivity contribution < 1.29 is 4.87 Å². The number of nitroso groups, excluding NO2 is 1. The van der Waals surface area contributed by atoms with Crippen molar-refractivity contribution in [2.24, 2.45) is 4.99 Å². The van der Waals surface area contributed by atoms with E-state index in [4.69, 9.17) is 0 Å². The normalized spacial score (nSPS) is 16.0. The molecule has 1 N–H and O–H groups in total. The van der Waals surface area contributed by atoms with Crippen LogP contribution in [0.4, 0.5) is 0 Å². The molecule has 3 rings (SSSR count). The largest absolute Gasteiger partial charge is 0.259 e. The van der Waals surface area contributed by atoms with E-state index in [1.807, 2.05) is 54.6 Å². The van der Waals surface area contributed by atoms with Gasteiger partial charge in [-0.25, -0.2) is 0 Å². The first-order chi connectivity index (χ1) is 9.33. The highest BCUT2D eigenvalue weighted by molar-refractivity contribution is 5.99. The second-order valence-corrected chi connectivity index (χ2v) is 4.46. The predicted octanol–water partition coefficient (Wildman–Crippen LogP) is 2.43. The molecular formula is C15H14N3O+. The fraction of sp³-hybridized carbons (Fsp3) is 0.133. The summed E-state index contributed by atoms with van der Waals surface area (Å²) in [6, 6.07) is 17.8. The number of rotatable bonds is 2. The Morgan fingerprint density at radius 2 is 1.79 bits per heavy atom. The van der Waals surface area contributed by atoms with E-state index in [0.717, 1.165) is 21.6 Å². The lowest BCUT2D eigenvalue weighted by molar-refractivity contribution is -0.608. The summed E-state index contributed by atoms with van der Waals surface area (Å²) in [6.45, 7) is 0.909. The molecule has 0 saturated heterocycles. The highest BCUT2D eigenvalue weighted by atomic mass is 16.3. The molecule has 0 spiro atoms. The molecule has 0 saturated carbocycles. The van der Waals surface area contributed by atoms with E-state index in [1.54, 1.807) is 0 Å². The third kappa shape index (κ3) is 2.52. The van der Waals surface area contributed by atoms with E-state index in [0.29, 0.717) is 18.9 Å². The third-order valence-corrected chi connectivity index (χ3v) is 3.08. The summed E-state index contributed by atoms with van der Waals surface area (Å²) in [4.78, 5) is 16.9. The Kier molecular flexibility index (Phi) is 3.06. The standard InChI is InChI=1S/C15H14N3O/c19-18-11-13-8-4-5-9-14(13)15(17-18)16-10-12-6-2-1-3-7-12/h1-9H,10-11H2,(H,16,17,19)/q+1. The Bertz CT molecular complexity index is 635. The summed E-state index contributed by atoms with van der Waals surface area (Å²) in [6.07, 6.45) is 0. The van der Waals surface area contributed by atoms with Crippen LogP contribution >= 0.6 is 0 Å². The SMILES string of the molecule is O=[N+]1Cc2ccccc2C(=NCc2ccccc2)N1. The first-order valence-electron chi connectivity index (χ1n) is 6.21. The number of nitrogens with zero attached hydrogens (tertiary/aromatic N) is 2. The smallest absolute Gasteiger partial charge is 0.251 e. The second-order valence-electron chi connectivity index (χ2n) is 4.46. The van der Waals surface area contributed by atoms with Gasteiger partial charge in [0.25, 0.3) is 6.54 Å². The highest BCUT2D eigenvalue weighted by Crippen LogP contribution is 2.14. The third-order valence-electron chi connectivity index (χ3n) is 3.08. The highest BCUT2D eigenvalue weighted by Gasteiger charge is 2.25. The maximum Gasteiger partial charge on any atom is 0.251 e. The molecule has 2 aromatic carbocycles. The van der Waals surface area contributed by atoms with Crippen molar-refractivity contribution in [3.63, 3.8) is 0 Å². The van der Waals surface area contributed by atoms with Gasteiger partial charge >= 0.3 is 0 Å². The van der Waals surface area contributed by atoms with Gasteiger partial charge in [0.1, 0.15) is 4.87 Å². The molecule has 0 unspecified atom stereocenters. The lowest BCUT2D eigenvalue weighted by Crippen LogP contribution is -2.38. The second kappa shape index (κ2) is 5.02. The van der Waals surface area contributed by atoms with Crippen LogP contribution in [0.15, 0.2) is 59.6 Å². The summed E-state index contributed by atoms with van der Waals surface area (Å²) in [7, 11) is 0. The average molecular weight is 252 g/mol. The number of hydrogen-bond donors (Lipinski definition) is 1. The minimum atomic E-state index is 0.348. The van der Waals surface area contributed by atoms with Crippen LogP contribution in [0.1, 0.15) is 16.7 Å². The van der Waals surface area contributed by atoms with Gasteiger partial charge in [-0.1, -0.05) is 54.6 Å². The summed E-state index contributed by atoms with van der Waals surface area (Å²) in [5, 5.41) is 0. The minimum Gasteiger partial charge on any atom is -0.259 e. The number of benzene rings is 2. The molecule has 4 nitrogen and oxygen atoms in total. The Labute approximate surface area is 111 Å². The van der Waals surface area contributed by atoms with Crippen LogP contribution in [-0.4, -0.2) is 10.7 Å². The van der Waals surface area contributed by atoms with Crippen molar-refractivity contribution in [1.82, 2.24) is 5.43 Å². The molecular weight excluding hydrogens is 238 g/mol. The zero-order chi connectivity index (χ0) is 13.1. The quantitative estimate of drug-likeness (QED) is 0.834. The molecule has 0 aromatic heterocycles. The fourth-order valence-corrected chi connectivity index (χ4v) is 2.14. The summed E-state index contributed by atoms with van der Waals surface area (Å²) < 4.78 is 0. The van der Waals surface area contributed by atoms with Crippen LogP contribution in [-0.2, 0) is 13.1 Å². The van der Waals surface area contributed by atoms with Gasteiger partial charge in [-0.3, -0.25) is 4.99 Å². The van der Waals surface area contributed by atoms with E-state index in [1.165, 1.54) is 0 Å². The van der Waals surface area contributed by atoms with Crippen molar-refractivity contribution in [3.8, 4) is 0 Å². The number of nitrogens with one attached hydrogen (secondary N) is 1. The van der Waals surface area contributed by atoms with Crippen molar-refractivity contribution >= 4 is 5.84 Å². The molecule has 0 amide bonds. The first-order valence-corrected chi connectivity index (χ1v) is 6.21. The molecule has 94 valence electrons. The molecule has 0 fully saturated rings. The zero-order valence-electron chi connectivity index (χ0n) is 10.4. The maximum atomic E-state index is 11.6. The van der Waals surface area contributed by atoms with Crippen molar-refractivity contribution in [3.05, 3.63) is 76.2 Å². The number of hydrogen-bond acceptors (Lipinski definition) is 2. The molecule has 0 aliphatic carbocycles. The van der Waals surface area contributed by atoms with Crippen LogP contribution in [0.3, 0.4) is 0 Å². The summed E-state index contributed by atoms with van der Waals surface area (Å²) in [5.74, 6) is 0.640. The lowest BCUT2D eigenvalue weighted by Gasteiger charge is -2.12. The molecule has 0 radical (unpaired) electrons. The van der Waals surface area contributed by atoms with E-state index in [-0.39, 0.29) is 0 Å². The topological polar surface area (TPSA) is 44.5 Å². The van der Waals surface area contributed by atoms with E-state index < -0.39 is 0 Å². The van der Waals surface area contributed by atoms with Crippen LogP contribution in [0.5, 0.6) is 0 Å². The Hall–Kier alpha value is -2.49. The molecule has 0 bridgehead atoms. The summed E-state index contributed by atoms with van der Waals surface area (Å²) in [5.41, 5.74) is 5.90. The predicted molar refractivity (Wildman–Crippen MR) is 73.6 cm³/mol. The van der Waals surface area contributed by atoms with E-state index >= 15 is 0 Å². The van der Waals surface area contributed by atoms with Crippen molar-refractivity contribution in [1.29, 1.82) is 0 Å². The number of aliphatic imine (C=N–C) groups is 1. The molecule has 1 aliphatic heterocycles. The fourth-order valence-electron chi connectivity index (χ4n) is 2.14. The van der Waals surface area contributed by atoms with Gasteiger partial charge in [-0.2, -0.15) is 0 Å². The van der Waals surface area contributed by atoms with Crippen molar-refractivity contribution in [2.75, 3.05) is 0 Å². The van der Waals surface area contributed by atoms with Gasteiger partial charge in [0.15, 0.2) is 5.84 Å². The van der Waals surface area contributed by atoms with Crippen LogP contribution in [0.2, 0.25) is 0 Å². The van der Waals surface area contributed by atoms with Crippen LogP contribution in [0, 0.1) is 4.91 Å². The Morgan fingerprint density at radius 1 is 1.05 bits per heavy atom. The molecule has 19 heavy (non-hydrogen) atoms. The lowest BCUT2D eigenvalue weighted by atomic mass is 10.1. The average Bonchev–Trinajstić information content (AvgIpc) is 2.45. The Balaban J connectivity index is 1.90. The van der Waals surface area contributed by atoms with Gasteiger partial charge in [0.05, 0.1) is 11.5 Å². The van der Waals surface area contributed by atoms with Gasteiger partial charge in [0.2, 0.25) is 0 Å². The minimum absolute atomic E-state index is 0.348. The first kappa shape index (κ1) is 11.6. The van der Waals surface area contributed by atoms with Gasteiger partial charge in [-0.15, -0.1) is 5.43 Å². The molecule has 1 aliphatic rings. The number of amidine groups is 1. The van der Waals surface area contributed by atoms with Gasteiger partial charge < -0.3 is 0 Å². The molecule has 2 aromatic rings. The number of hydrazine groups is 1. The maximum absolute atomic E-state index is 11.6. The monoisotopic (exact) mass is 252 g/mol. The summed E-state index contributed by atoms with van der Waals surface area (Å²) >= 11 is 0. The van der Waals surface area contributed by atoms with Crippen LogP contribution < -0.4 is 5.43 Å². The molecule has 0 atom stereocenters. The molecule has 1 heterocycles. The number of fused-ring (bicyclic) bond motifs is 1. The van der Waals surface area contributed by atoms with E-state index in [2.05, 4.69) is 10.4 Å². The van der Waals surface area contributed by atoms with Crippen molar-refractivity contribution in [2.45, 2.75) is 13.1 Å². The Morgan fingerprint density at radius 3 is 2.63 bits per heavy atom. The molecule has 4 heteroatoms. The van der Waals surface area contributed by atoms with E-state index in [9.17, 15) is 4.91 Å². The van der Waals surface area contributed by atoms with Crippen LogP contribution in [0.25, 0.3) is 0 Å².